The first-order valence-corrected chi connectivity index (χ1v) is 15.5. The summed E-state index contributed by atoms with van der Waals surface area (Å²) in [5.74, 6) is -0.595. The molecule has 9 nitrogen and oxygen atoms in total. The minimum atomic E-state index is -3.70. The molecule has 6 rings (SSSR count). The number of sulfonamides is 1. The molecule has 214 valence electrons. The van der Waals surface area contributed by atoms with E-state index in [1.807, 2.05) is 0 Å². The maximum Gasteiger partial charge on any atom is 0.280 e. The number of aromatic nitrogens is 1. The summed E-state index contributed by atoms with van der Waals surface area (Å²) in [5, 5.41) is 5.81. The van der Waals surface area contributed by atoms with E-state index in [1.165, 1.54) is 59.2 Å². The lowest BCUT2D eigenvalue weighted by atomic mass is 10.0. The van der Waals surface area contributed by atoms with Crippen LogP contribution in [0.5, 0.6) is 0 Å². The molecule has 1 fully saturated rings. The van der Waals surface area contributed by atoms with E-state index in [4.69, 9.17) is 4.42 Å². The Hall–Kier alpha value is -4.26. The fraction of sp³-hybridized carbons (Fsp3) is 0.200. The summed E-state index contributed by atoms with van der Waals surface area (Å²) in [5.41, 5.74) is 0.799. The van der Waals surface area contributed by atoms with Crippen molar-refractivity contribution in [3.05, 3.63) is 100 Å². The highest BCUT2D eigenvalue weighted by Crippen LogP contribution is 2.31. The number of nitrogens with zero attached hydrogens (tertiary/aromatic N) is 4. The number of thiazole rings is 1. The molecule has 0 spiro atoms. The van der Waals surface area contributed by atoms with Crippen molar-refractivity contribution in [1.82, 2.24) is 9.29 Å². The van der Waals surface area contributed by atoms with Crippen LogP contribution >= 0.6 is 11.3 Å². The van der Waals surface area contributed by atoms with E-state index >= 15 is 0 Å². The first-order chi connectivity index (χ1) is 20.2. The predicted molar refractivity (Wildman–Crippen MR) is 160 cm³/mol. The lowest BCUT2D eigenvalue weighted by molar-refractivity contribution is 0.0987. The number of carbonyl (C=O) groups is 1. The molecule has 0 saturated carbocycles. The van der Waals surface area contributed by atoms with Gasteiger partial charge in [0.2, 0.25) is 20.6 Å². The van der Waals surface area contributed by atoms with Crippen molar-refractivity contribution in [2.75, 3.05) is 18.1 Å². The number of fused-ring (bicyclic) bond motifs is 2. The number of halogens is 1. The van der Waals surface area contributed by atoms with Gasteiger partial charge in [0.25, 0.3) is 5.91 Å². The molecule has 0 bridgehead atoms. The third kappa shape index (κ3) is 5.36. The first kappa shape index (κ1) is 27.9. The molecule has 0 atom stereocenters. The van der Waals surface area contributed by atoms with E-state index in [1.54, 1.807) is 24.3 Å². The largest absolute Gasteiger partial charge is 0.463 e. The molecule has 0 radical (unpaired) electrons. The summed E-state index contributed by atoms with van der Waals surface area (Å²) < 4.78 is 47.7. The van der Waals surface area contributed by atoms with Gasteiger partial charge in [0.15, 0.2) is 0 Å². The number of amides is 1. The lowest BCUT2D eigenvalue weighted by Crippen LogP contribution is -2.37. The van der Waals surface area contributed by atoms with E-state index in [0.29, 0.717) is 40.2 Å². The Labute approximate surface area is 244 Å². The zero-order chi connectivity index (χ0) is 29.4. The van der Waals surface area contributed by atoms with Gasteiger partial charge in [0.05, 0.1) is 32.3 Å². The topological polar surface area (TPSA) is 113 Å². The van der Waals surface area contributed by atoms with Crippen LogP contribution < -0.4 is 10.4 Å². The highest BCUT2D eigenvalue weighted by molar-refractivity contribution is 7.89. The molecule has 1 aliphatic rings. The number of hydrogen-bond donors (Lipinski definition) is 0. The van der Waals surface area contributed by atoms with E-state index in [2.05, 4.69) is 17.0 Å². The number of rotatable bonds is 6. The van der Waals surface area contributed by atoms with Crippen molar-refractivity contribution in [3.8, 4) is 0 Å². The van der Waals surface area contributed by atoms with E-state index in [-0.39, 0.29) is 26.6 Å². The molecule has 1 aliphatic heterocycles. The summed E-state index contributed by atoms with van der Waals surface area (Å²) in [7, 11) is -3.70. The van der Waals surface area contributed by atoms with Crippen molar-refractivity contribution < 1.29 is 22.0 Å². The summed E-state index contributed by atoms with van der Waals surface area (Å²) in [6.45, 7) is 3.01. The quantitative estimate of drug-likeness (QED) is 0.183. The van der Waals surface area contributed by atoms with E-state index in [9.17, 15) is 22.4 Å². The zero-order valence-electron chi connectivity index (χ0n) is 22.4. The van der Waals surface area contributed by atoms with Crippen LogP contribution in [-0.2, 0) is 10.0 Å². The minimum absolute atomic E-state index is 0.0906. The maximum absolute atomic E-state index is 13.9. The molecule has 3 heterocycles. The Balaban J connectivity index is 1.35. The monoisotopic (exact) mass is 604 g/mol. The number of piperidine rings is 1. The second-order valence-electron chi connectivity index (χ2n) is 10.1. The van der Waals surface area contributed by atoms with Gasteiger partial charge in [0.1, 0.15) is 17.7 Å². The number of benzene rings is 3. The Kier molecular flexibility index (Phi) is 7.43. The Morgan fingerprint density at radius 3 is 2.62 bits per heavy atom. The lowest BCUT2D eigenvalue weighted by Gasteiger charge is -2.29. The van der Waals surface area contributed by atoms with Crippen LogP contribution in [-0.4, -0.2) is 42.9 Å². The van der Waals surface area contributed by atoms with Gasteiger partial charge in [0, 0.05) is 18.7 Å². The smallest absolute Gasteiger partial charge is 0.280 e. The van der Waals surface area contributed by atoms with Gasteiger partial charge in [-0.2, -0.15) is 14.4 Å². The molecule has 1 amide bonds. The highest BCUT2D eigenvalue weighted by Gasteiger charge is 2.29. The average Bonchev–Trinajstić information content (AvgIpc) is 3.41. The molecular formula is C30H25FN4O5S2. The molecule has 1 saturated heterocycles. The molecular weight excluding hydrogens is 579 g/mol. The van der Waals surface area contributed by atoms with Crippen LogP contribution in [0.25, 0.3) is 21.2 Å². The standard InChI is InChI=1S/C30H25FN4O5S2/c1-19-12-14-34(15-13-19)42(38,39)23-9-6-20(7-10-23)29(37)35(30-33-25-11-8-22(31)16-27(25)41-30)32-17-21-18-40-26-5-3-2-4-24(26)28(21)36/h2-11,16-19H,12-15H2,1H3/b32-17+. The molecule has 5 aromatic rings. The number of para-hydroxylation sites is 1. The van der Waals surface area contributed by atoms with Crippen LogP contribution in [0.3, 0.4) is 0 Å². The number of anilines is 1. The van der Waals surface area contributed by atoms with Gasteiger partial charge in [-0.25, -0.2) is 17.8 Å². The van der Waals surface area contributed by atoms with Gasteiger partial charge in [-0.1, -0.05) is 30.4 Å². The third-order valence-corrected chi connectivity index (χ3v) is 10.1. The van der Waals surface area contributed by atoms with Gasteiger partial charge in [-0.3, -0.25) is 9.59 Å². The maximum atomic E-state index is 13.9. The van der Waals surface area contributed by atoms with Gasteiger partial charge in [-0.15, -0.1) is 0 Å². The predicted octanol–water partition coefficient (Wildman–Crippen LogP) is 5.64. The van der Waals surface area contributed by atoms with Gasteiger partial charge in [-0.05, 0) is 73.4 Å². The van der Waals surface area contributed by atoms with Crippen molar-refractivity contribution in [3.63, 3.8) is 0 Å². The highest BCUT2D eigenvalue weighted by atomic mass is 32.2. The summed E-state index contributed by atoms with van der Waals surface area (Å²) >= 11 is 1.05. The number of hydrazone groups is 1. The summed E-state index contributed by atoms with van der Waals surface area (Å²) in [6, 6.07) is 16.5. The fourth-order valence-electron chi connectivity index (χ4n) is 4.73. The molecule has 3 aromatic carbocycles. The van der Waals surface area contributed by atoms with E-state index < -0.39 is 21.7 Å². The number of carbonyl (C=O) groups excluding carboxylic acids is 1. The minimum Gasteiger partial charge on any atom is -0.463 e. The van der Waals surface area contributed by atoms with Crippen LogP contribution in [0.15, 0.2) is 92.2 Å². The molecule has 12 heteroatoms. The average molecular weight is 605 g/mol. The van der Waals surface area contributed by atoms with E-state index in [0.717, 1.165) is 29.2 Å². The molecule has 0 N–H and O–H groups in total. The SMILES string of the molecule is CC1CCN(S(=O)(=O)c2ccc(C(=O)N(/N=C/c3coc4ccccc4c3=O)c3nc4ccc(F)cc4s3)cc2)CC1. The zero-order valence-corrected chi connectivity index (χ0v) is 24.1. The normalized spacial score (nSPS) is 15.1. The molecule has 0 unspecified atom stereocenters. The summed E-state index contributed by atoms with van der Waals surface area (Å²) in [4.78, 5) is 31.3. The van der Waals surface area contributed by atoms with Gasteiger partial charge < -0.3 is 4.42 Å². The van der Waals surface area contributed by atoms with Crippen molar-refractivity contribution >= 4 is 59.8 Å². The van der Waals surface area contributed by atoms with Crippen LogP contribution in [0.2, 0.25) is 0 Å². The fourth-order valence-corrected chi connectivity index (χ4v) is 7.15. The third-order valence-electron chi connectivity index (χ3n) is 7.21. The van der Waals surface area contributed by atoms with Gasteiger partial charge >= 0.3 is 0 Å². The van der Waals surface area contributed by atoms with Crippen LogP contribution in [0.1, 0.15) is 35.7 Å². The summed E-state index contributed by atoms with van der Waals surface area (Å²) in [6.07, 6.45) is 4.05. The second-order valence-corrected chi connectivity index (χ2v) is 13.0. The molecule has 0 aliphatic carbocycles. The number of hydrogen-bond acceptors (Lipinski definition) is 8. The Morgan fingerprint density at radius 1 is 1.12 bits per heavy atom. The van der Waals surface area contributed by atoms with Crippen molar-refractivity contribution in [1.29, 1.82) is 0 Å². The van der Waals surface area contributed by atoms with Crippen molar-refractivity contribution in [2.24, 2.45) is 11.0 Å². The van der Waals surface area contributed by atoms with Crippen LogP contribution in [0.4, 0.5) is 9.52 Å². The second kappa shape index (κ2) is 11.2. The van der Waals surface area contributed by atoms with Crippen LogP contribution in [0, 0.1) is 11.7 Å². The molecule has 42 heavy (non-hydrogen) atoms. The van der Waals surface area contributed by atoms with Crippen molar-refractivity contribution in [2.45, 2.75) is 24.7 Å². The molecule has 2 aromatic heterocycles. The Bertz CT molecular complexity index is 2000. The first-order valence-electron chi connectivity index (χ1n) is 13.3. The Morgan fingerprint density at radius 2 is 1.86 bits per heavy atom.